The number of hydrogen-bond donors (Lipinski definition) is 1. The molecule has 0 radical (unpaired) electrons. The van der Waals surface area contributed by atoms with Crippen LogP contribution in [0.4, 0.5) is 5.69 Å². The zero-order valence-corrected chi connectivity index (χ0v) is 12.5. The highest BCUT2D eigenvalue weighted by atomic mass is 16.3. The zero-order chi connectivity index (χ0) is 14.5. The normalized spacial score (nSPS) is 19.8. The van der Waals surface area contributed by atoms with Gasteiger partial charge in [0.1, 0.15) is 6.07 Å². The van der Waals surface area contributed by atoms with Crippen molar-refractivity contribution in [2.45, 2.75) is 39.7 Å². The standard InChI is InChI=1S/C17H24N2O/c1-13(2)15-4-3-8-19(9-7-15)17-6-5-14(12-20)10-16(17)11-18/h5-6,10,13,15,20H,3-4,7-9,12H2,1-2H3. The fourth-order valence-electron chi connectivity index (χ4n) is 3.08. The second-order valence-electron chi connectivity index (χ2n) is 6.04. The summed E-state index contributed by atoms with van der Waals surface area (Å²) in [6.45, 7) is 6.64. The fraction of sp³-hybridized carbons (Fsp3) is 0.588. The van der Waals surface area contributed by atoms with E-state index < -0.39 is 0 Å². The van der Waals surface area contributed by atoms with Crippen molar-refractivity contribution < 1.29 is 5.11 Å². The van der Waals surface area contributed by atoms with Crippen LogP contribution in [-0.4, -0.2) is 18.2 Å². The van der Waals surface area contributed by atoms with E-state index in [0.717, 1.165) is 36.2 Å². The van der Waals surface area contributed by atoms with Gasteiger partial charge in [0, 0.05) is 13.1 Å². The van der Waals surface area contributed by atoms with Crippen LogP contribution in [0.3, 0.4) is 0 Å². The molecule has 1 heterocycles. The molecule has 0 saturated carbocycles. The molecule has 1 fully saturated rings. The Morgan fingerprint density at radius 1 is 1.35 bits per heavy atom. The van der Waals surface area contributed by atoms with Crippen molar-refractivity contribution in [3.05, 3.63) is 29.3 Å². The number of nitrogens with zero attached hydrogens (tertiary/aromatic N) is 2. The Morgan fingerprint density at radius 2 is 2.15 bits per heavy atom. The van der Waals surface area contributed by atoms with E-state index in [-0.39, 0.29) is 6.61 Å². The first-order chi connectivity index (χ1) is 9.65. The predicted octanol–water partition coefficient (Wildman–Crippen LogP) is 3.31. The summed E-state index contributed by atoms with van der Waals surface area (Å²) in [6.07, 6.45) is 3.67. The summed E-state index contributed by atoms with van der Waals surface area (Å²) in [5.74, 6) is 1.53. The van der Waals surface area contributed by atoms with Gasteiger partial charge in [0.2, 0.25) is 0 Å². The molecular formula is C17H24N2O. The van der Waals surface area contributed by atoms with Gasteiger partial charge in [-0.15, -0.1) is 0 Å². The summed E-state index contributed by atoms with van der Waals surface area (Å²) in [7, 11) is 0. The van der Waals surface area contributed by atoms with Gasteiger partial charge in [-0.25, -0.2) is 0 Å². The average Bonchev–Trinajstić information content (AvgIpc) is 2.72. The summed E-state index contributed by atoms with van der Waals surface area (Å²) < 4.78 is 0. The third-order valence-corrected chi connectivity index (χ3v) is 4.42. The number of rotatable bonds is 3. The van der Waals surface area contributed by atoms with Crippen LogP contribution in [-0.2, 0) is 6.61 Å². The third-order valence-electron chi connectivity index (χ3n) is 4.42. The van der Waals surface area contributed by atoms with Crippen molar-refractivity contribution in [1.82, 2.24) is 0 Å². The van der Waals surface area contributed by atoms with Crippen LogP contribution in [0.15, 0.2) is 18.2 Å². The number of aliphatic hydroxyl groups excluding tert-OH is 1. The maximum absolute atomic E-state index is 9.32. The minimum absolute atomic E-state index is 0.00954. The van der Waals surface area contributed by atoms with Crippen LogP contribution in [0.2, 0.25) is 0 Å². The first-order valence-electron chi connectivity index (χ1n) is 7.54. The van der Waals surface area contributed by atoms with Gasteiger partial charge in [-0.05, 0) is 48.8 Å². The molecule has 0 spiro atoms. The average molecular weight is 272 g/mol. The molecule has 1 saturated heterocycles. The lowest BCUT2D eigenvalue weighted by molar-refractivity contribution is 0.282. The van der Waals surface area contributed by atoms with Gasteiger partial charge < -0.3 is 10.0 Å². The highest BCUT2D eigenvalue weighted by Gasteiger charge is 2.21. The Bertz CT molecular complexity index is 490. The fourth-order valence-corrected chi connectivity index (χ4v) is 3.08. The van der Waals surface area contributed by atoms with Gasteiger partial charge >= 0.3 is 0 Å². The van der Waals surface area contributed by atoms with Crippen molar-refractivity contribution in [3.8, 4) is 6.07 Å². The van der Waals surface area contributed by atoms with Gasteiger partial charge in [0.15, 0.2) is 0 Å². The molecule has 108 valence electrons. The number of anilines is 1. The molecule has 20 heavy (non-hydrogen) atoms. The van der Waals surface area contributed by atoms with Gasteiger partial charge in [0.25, 0.3) is 0 Å². The van der Waals surface area contributed by atoms with Crippen molar-refractivity contribution in [3.63, 3.8) is 0 Å². The molecule has 1 unspecified atom stereocenters. The molecule has 1 aromatic carbocycles. The van der Waals surface area contributed by atoms with Gasteiger partial charge in [-0.2, -0.15) is 5.26 Å². The zero-order valence-electron chi connectivity index (χ0n) is 12.5. The molecule has 0 bridgehead atoms. The van der Waals surface area contributed by atoms with E-state index in [1.165, 1.54) is 19.3 Å². The third kappa shape index (κ3) is 3.32. The molecular weight excluding hydrogens is 248 g/mol. The van der Waals surface area contributed by atoms with Crippen LogP contribution in [0.25, 0.3) is 0 Å². The number of benzene rings is 1. The Kier molecular flexibility index (Phi) is 5.03. The maximum Gasteiger partial charge on any atom is 0.101 e. The largest absolute Gasteiger partial charge is 0.392 e. The van der Waals surface area contributed by atoms with Crippen LogP contribution in [0.5, 0.6) is 0 Å². The lowest BCUT2D eigenvalue weighted by Crippen LogP contribution is -2.25. The molecule has 1 atom stereocenters. The summed E-state index contributed by atoms with van der Waals surface area (Å²) in [5, 5.41) is 18.5. The van der Waals surface area contributed by atoms with Crippen molar-refractivity contribution in [2.24, 2.45) is 11.8 Å². The van der Waals surface area contributed by atoms with Crippen molar-refractivity contribution in [1.29, 1.82) is 5.26 Å². The molecule has 1 N–H and O–H groups in total. The number of hydrogen-bond acceptors (Lipinski definition) is 3. The lowest BCUT2D eigenvalue weighted by Gasteiger charge is -2.24. The van der Waals surface area contributed by atoms with Gasteiger partial charge in [0.05, 0.1) is 17.9 Å². The van der Waals surface area contributed by atoms with Crippen LogP contribution in [0.1, 0.15) is 44.2 Å². The Balaban J connectivity index is 2.17. The van der Waals surface area contributed by atoms with E-state index in [1.807, 2.05) is 12.1 Å². The van der Waals surface area contributed by atoms with Crippen LogP contribution < -0.4 is 4.90 Å². The second kappa shape index (κ2) is 6.76. The van der Waals surface area contributed by atoms with Crippen LogP contribution in [0, 0.1) is 23.2 Å². The van der Waals surface area contributed by atoms with E-state index in [1.54, 1.807) is 6.07 Å². The molecule has 0 aromatic heterocycles. The molecule has 2 rings (SSSR count). The lowest BCUT2D eigenvalue weighted by atomic mass is 9.89. The second-order valence-corrected chi connectivity index (χ2v) is 6.04. The van der Waals surface area contributed by atoms with Gasteiger partial charge in [-0.3, -0.25) is 0 Å². The van der Waals surface area contributed by atoms with E-state index in [0.29, 0.717) is 5.56 Å². The van der Waals surface area contributed by atoms with E-state index in [2.05, 4.69) is 24.8 Å². The summed E-state index contributed by atoms with van der Waals surface area (Å²) in [6, 6.07) is 7.98. The summed E-state index contributed by atoms with van der Waals surface area (Å²) in [4.78, 5) is 2.34. The Morgan fingerprint density at radius 3 is 2.80 bits per heavy atom. The highest BCUT2D eigenvalue weighted by Crippen LogP contribution is 2.29. The van der Waals surface area contributed by atoms with Crippen LogP contribution >= 0.6 is 0 Å². The van der Waals surface area contributed by atoms with E-state index in [9.17, 15) is 10.4 Å². The van der Waals surface area contributed by atoms with E-state index >= 15 is 0 Å². The molecule has 1 aliphatic rings. The predicted molar refractivity (Wildman–Crippen MR) is 81.5 cm³/mol. The SMILES string of the molecule is CC(C)C1CCCN(c2ccc(CO)cc2C#N)CC1. The molecule has 1 aromatic rings. The van der Waals surface area contributed by atoms with Crippen molar-refractivity contribution >= 4 is 5.69 Å². The smallest absolute Gasteiger partial charge is 0.101 e. The number of aliphatic hydroxyl groups is 1. The molecule has 1 aliphatic heterocycles. The number of nitriles is 1. The minimum Gasteiger partial charge on any atom is -0.392 e. The van der Waals surface area contributed by atoms with Gasteiger partial charge in [-0.1, -0.05) is 19.9 Å². The molecule has 3 nitrogen and oxygen atoms in total. The Hall–Kier alpha value is -1.53. The highest BCUT2D eigenvalue weighted by molar-refractivity contribution is 5.60. The Labute approximate surface area is 121 Å². The first-order valence-corrected chi connectivity index (χ1v) is 7.54. The van der Waals surface area contributed by atoms with Crippen molar-refractivity contribution in [2.75, 3.05) is 18.0 Å². The minimum atomic E-state index is -0.00954. The molecule has 0 aliphatic carbocycles. The summed E-state index contributed by atoms with van der Waals surface area (Å²) >= 11 is 0. The molecule has 0 amide bonds. The maximum atomic E-state index is 9.32. The summed E-state index contributed by atoms with van der Waals surface area (Å²) in [5.41, 5.74) is 2.51. The first kappa shape index (κ1) is 14.9. The van der Waals surface area contributed by atoms with E-state index in [4.69, 9.17) is 0 Å². The topological polar surface area (TPSA) is 47.3 Å². The molecule has 3 heteroatoms. The quantitative estimate of drug-likeness (QED) is 0.918. The monoisotopic (exact) mass is 272 g/mol.